The molecule has 0 aliphatic carbocycles. The lowest BCUT2D eigenvalue weighted by atomic mass is 10.2. The maximum atomic E-state index is 5.41. The molecule has 6 nitrogen and oxygen atoms in total. The van der Waals surface area contributed by atoms with E-state index in [2.05, 4.69) is 27.4 Å². The van der Waals surface area contributed by atoms with Crippen LogP contribution in [0.5, 0.6) is 11.5 Å². The summed E-state index contributed by atoms with van der Waals surface area (Å²) in [5, 5.41) is 6.80. The summed E-state index contributed by atoms with van der Waals surface area (Å²) in [6.07, 6.45) is 2.56. The molecule has 0 aromatic heterocycles. The summed E-state index contributed by atoms with van der Waals surface area (Å²) < 4.78 is 10.7. The van der Waals surface area contributed by atoms with Crippen LogP contribution in [0.4, 0.5) is 0 Å². The zero-order chi connectivity index (χ0) is 16.1. The van der Waals surface area contributed by atoms with E-state index in [0.717, 1.165) is 36.1 Å². The number of likely N-dealkylation sites (N-methyl/N-ethyl adjacent to an activating group) is 1. The number of nitrogens with zero attached hydrogens (tertiary/aromatic N) is 2. The fourth-order valence-corrected chi connectivity index (χ4v) is 3.21. The van der Waals surface area contributed by atoms with Crippen molar-refractivity contribution in [2.24, 2.45) is 4.99 Å². The second-order valence-electron chi connectivity index (χ2n) is 5.92. The van der Waals surface area contributed by atoms with E-state index in [-0.39, 0.29) is 0 Å². The van der Waals surface area contributed by atoms with Crippen LogP contribution in [0.25, 0.3) is 0 Å². The summed E-state index contributed by atoms with van der Waals surface area (Å²) >= 11 is 0. The minimum atomic E-state index is 0.310. The lowest BCUT2D eigenvalue weighted by Gasteiger charge is -2.24. The predicted octanol–water partition coefficient (Wildman–Crippen LogP) is 1.56. The summed E-state index contributed by atoms with van der Waals surface area (Å²) in [6, 6.07) is 6.62. The average molecular weight is 318 g/mol. The Labute approximate surface area is 137 Å². The molecule has 6 heteroatoms. The van der Waals surface area contributed by atoms with Crippen molar-refractivity contribution in [1.82, 2.24) is 15.5 Å². The fraction of sp³-hybridized carbons (Fsp3) is 0.588. The van der Waals surface area contributed by atoms with Crippen LogP contribution in [0, 0.1) is 0 Å². The molecule has 0 radical (unpaired) electrons. The average Bonchev–Trinajstić information content (AvgIpc) is 3.23. The molecule has 0 amide bonds. The van der Waals surface area contributed by atoms with Gasteiger partial charge in [-0.2, -0.15) is 0 Å². The van der Waals surface area contributed by atoms with Gasteiger partial charge in [0.15, 0.2) is 17.5 Å². The minimum Gasteiger partial charge on any atom is -0.454 e. The maximum absolute atomic E-state index is 5.41. The number of rotatable bonds is 5. The number of hydrogen-bond acceptors (Lipinski definition) is 4. The zero-order valence-electron chi connectivity index (χ0n) is 14.0. The van der Waals surface area contributed by atoms with E-state index in [9.17, 15) is 0 Å². The van der Waals surface area contributed by atoms with Crippen molar-refractivity contribution in [3.8, 4) is 11.5 Å². The van der Waals surface area contributed by atoms with Gasteiger partial charge in [-0.25, -0.2) is 0 Å². The standard InChI is InChI=1S/C17H26N4O2/c1-3-21-8-4-5-14(21)11-20-17(18-2)19-10-13-6-7-15-16(9-13)23-12-22-15/h6-7,9,14H,3-5,8,10-12H2,1-2H3,(H2,18,19,20). The number of benzene rings is 1. The Kier molecular flexibility index (Phi) is 5.23. The van der Waals surface area contributed by atoms with Gasteiger partial charge in [0.25, 0.3) is 0 Å². The van der Waals surface area contributed by atoms with E-state index < -0.39 is 0 Å². The van der Waals surface area contributed by atoms with Gasteiger partial charge in [-0.3, -0.25) is 9.89 Å². The monoisotopic (exact) mass is 318 g/mol. The summed E-state index contributed by atoms with van der Waals surface area (Å²) in [4.78, 5) is 6.83. The first-order chi connectivity index (χ1) is 11.3. The molecular formula is C17H26N4O2. The summed E-state index contributed by atoms with van der Waals surface area (Å²) in [5.41, 5.74) is 1.15. The Morgan fingerprint density at radius 3 is 3.00 bits per heavy atom. The molecule has 3 rings (SSSR count). The van der Waals surface area contributed by atoms with Gasteiger partial charge < -0.3 is 20.1 Å². The highest BCUT2D eigenvalue weighted by Gasteiger charge is 2.22. The third kappa shape index (κ3) is 3.88. The number of hydrogen-bond donors (Lipinski definition) is 2. The lowest BCUT2D eigenvalue weighted by Crippen LogP contribution is -2.44. The van der Waals surface area contributed by atoms with Gasteiger partial charge in [-0.1, -0.05) is 13.0 Å². The summed E-state index contributed by atoms with van der Waals surface area (Å²) in [6.45, 7) is 6.52. The molecule has 1 aromatic rings. The van der Waals surface area contributed by atoms with Crippen molar-refractivity contribution in [3.63, 3.8) is 0 Å². The van der Waals surface area contributed by atoms with Gasteiger partial charge in [0, 0.05) is 26.2 Å². The van der Waals surface area contributed by atoms with Crippen LogP contribution in [0.1, 0.15) is 25.3 Å². The molecule has 23 heavy (non-hydrogen) atoms. The van der Waals surface area contributed by atoms with Crippen molar-refractivity contribution < 1.29 is 9.47 Å². The highest BCUT2D eigenvalue weighted by molar-refractivity contribution is 5.79. The number of aliphatic imine (C=N–C) groups is 1. The first kappa shape index (κ1) is 15.9. The third-order valence-electron chi connectivity index (χ3n) is 4.53. The second kappa shape index (κ2) is 7.55. The Morgan fingerprint density at radius 1 is 1.30 bits per heavy atom. The van der Waals surface area contributed by atoms with Gasteiger partial charge in [-0.15, -0.1) is 0 Å². The summed E-state index contributed by atoms with van der Waals surface area (Å²) in [5.74, 6) is 2.47. The summed E-state index contributed by atoms with van der Waals surface area (Å²) in [7, 11) is 1.81. The fourth-order valence-electron chi connectivity index (χ4n) is 3.21. The SMILES string of the molecule is CCN1CCCC1CNC(=NC)NCc1ccc2c(c1)OCO2. The normalized spacial score (nSPS) is 20.8. The van der Waals surface area contributed by atoms with Crippen molar-refractivity contribution in [3.05, 3.63) is 23.8 Å². The second-order valence-corrected chi connectivity index (χ2v) is 5.92. The first-order valence-corrected chi connectivity index (χ1v) is 8.37. The minimum absolute atomic E-state index is 0.310. The van der Waals surface area contributed by atoms with Gasteiger partial charge >= 0.3 is 0 Å². The number of fused-ring (bicyclic) bond motifs is 1. The van der Waals surface area contributed by atoms with E-state index in [4.69, 9.17) is 9.47 Å². The molecule has 1 unspecified atom stereocenters. The van der Waals surface area contributed by atoms with E-state index in [1.54, 1.807) is 7.05 Å². The van der Waals surface area contributed by atoms with Crippen LogP contribution in [0.15, 0.2) is 23.2 Å². The molecule has 1 atom stereocenters. The van der Waals surface area contributed by atoms with Crippen LogP contribution in [0.2, 0.25) is 0 Å². The molecule has 2 heterocycles. The lowest BCUT2D eigenvalue weighted by molar-refractivity contribution is 0.174. The molecule has 0 bridgehead atoms. The number of ether oxygens (including phenoxy) is 2. The first-order valence-electron chi connectivity index (χ1n) is 8.37. The van der Waals surface area contributed by atoms with Gasteiger partial charge in [0.05, 0.1) is 0 Å². The van der Waals surface area contributed by atoms with Gasteiger partial charge in [0.2, 0.25) is 6.79 Å². The Bertz CT molecular complexity index is 562. The Hall–Kier alpha value is -1.95. The van der Waals surface area contributed by atoms with Crippen LogP contribution in [-0.4, -0.2) is 50.4 Å². The van der Waals surface area contributed by atoms with Crippen LogP contribution >= 0.6 is 0 Å². The molecule has 0 spiro atoms. The molecule has 2 N–H and O–H groups in total. The number of nitrogens with one attached hydrogen (secondary N) is 2. The zero-order valence-corrected chi connectivity index (χ0v) is 14.0. The molecular weight excluding hydrogens is 292 g/mol. The molecule has 2 aliphatic heterocycles. The molecule has 1 saturated heterocycles. The van der Waals surface area contributed by atoms with E-state index in [1.807, 2.05) is 18.2 Å². The topological polar surface area (TPSA) is 58.1 Å². The van der Waals surface area contributed by atoms with Crippen LogP contribution < -0.4 is 20.1 Å². The van der Waals surface area contributed by atoms with Crippen molar-refractivity contribution >= 4 is 5.96 Å². The molecule has 2 aliphatic rings. The van der Waals surface area contributed by atoms with Gasteiger partial charge in [0.1, 0.15) is 0 Å². The Morgan fingerprint density at radius 2 is 2.17 bits per heavy atom. The van der Waals surface area contributed by atoms with Crippen molar-refractivity contribution in [2.45, 2.75) is 32.4 Å². The van der Waals surface area contributed by atoms with E-state index in [0.29, 0.717) is 19.4 Å². The number of likely N-dealkylation sites (tertiary alicyclic amines) is 1. The predicted molar refractivity (Wildman–Crippen MR) is 91.0 cm³/mol. The van der Waals surface area contributed by atoms with Gasteiger partial charge in [-0.05, 0) is 43.6 Å². The number of guanidine groups is 1. The van der Waals surface area contributed by atoms with Crippen molar-refractivity contribution in [1.29, 1.82) is 0 Å². The highest BCUT2D eigenvalue weighted by Crippen LogP contribution is 2.32. The largest absolute Gasteiger partial charge is 0.454 e. The molecule has 1 fully saturated rings. The highest BCUT2D eigenvalue weighted by atomic mass is 16.7. The van der Waals surface area contributed by atoms with E-state index >= 15 is 0 Å². The van der Waals surface area contributed by atoms with E-state index in [1.165, 1.54) is 19.4 Å². The van der Waals surface area contributed by atoms with Crippen LogP contribution in [0.3, 0.4) is 0 Å². The maximum Gasteiger partial charge on any atom is 0.231 e. The third-order valence-corrected chi connectivity index (χ3v) is 4.53. The quantitative estimate of drug-likeness (QED) is 0.637. The molecule has 126 valence electrons. The van der Waals surface area contributed by atoms with Crippen LogP contribution in [-0.2, 0) is 6.54 Å². The Balaban J connectivity index is 1.48. The van der Waals surface area contributed by atoms with Crippen molar-refractivity contribution in [2.75, 3.05) is 33.5 Å². The molecule has 1 aromatic carbocycles. The smallest absolute Gasteiger partial charge is 0.231 e. The molecule has 0 saturated carbocycles.